The first-order valence-electron chi connectivity index (χ1n) is 7.23. The van der Waals surface area contributed by atoms with Gasteiger partial charge < -0.3 is 9.73 Å². The van der Waals surface area contributed by atoms with Crippen molar-refractivity contribution in [2.75, 3.05) is 20.1 Å². The Labute approximate surface area is 131 Å². The van der Waals surface area contributed by atoms with Gasteiger partial charge in [0.05, 0.1) is 4.88 Å². The number of rotatable bonds is 4. The molecular formula is C14H18N4O3S. The fourth-order valence-corrected chi connectivity index (χ4v) is 3.27. The maximum absolute atomic E-state index is 11.9. The summed E-state index contributed by atoms with van der Waals surface area (Å²) in [5.41, 5.74) is 0. The number of nitrogens with one attached hydrogen (secondary N) is 1. The number of piperidine rings is 1. The maximum atomic E-state index is 11.9. The van der Waals surface area contributed by atoms with Gasteiger partial charge in [-0.15, -0.1) is 16.4 Å². The second-order valence-corrected chi connectivity index (χ2v) is 6.25. The van der Waals surface area contributed by atoms with Crippen LogP contribution < -0.4 is 11.1 Å². The second kappa shape index (κ2) is 6.45. The number of carbonyl (C=O) groups excluding carboxylic acids is 1. The highest BCUT2D eigenvalue weighted by molar-refractivity contribution is 7.13. The van der Waals surface area contributed by atoms with Crippen LogP contribution in [0.1, 0.15) is 12.8 Å². The van der Waals surface area contributed by atoms with E-state index < -0.39 is 5.76 Å². The Bertz CT molecular complexity index is 683. The Morgan fingerprint density at radius 1 is 1.50 bits per heavy atom. The first-order valence-corrected chi connectivity index (χ1v) is 8.11. The van der Waals surface area contributed by atoms with Gasteiger partial charge in [-0.2, -0.15) is 4.68 Å². The van der Waals surface area contributed by atoms with Gasteiger partial charge in [-0.3, -0.25) is 9.69 Å². The molecule has 0 aromatic carbocycles. The van der Waals surface area contributed by atoms with Crippen molar-refractivity contribution in [1.29, 1.82) is 0 Å². The number of aromatic nitrogens is 2. The van der Waals surface area contributed by atoms with Crippen LogP contribution in [0, 0.1) is 5.92 Å². The number of hydrogen-bond acceptors (Lipinski definition) is 6. The Balaban J connectivity index is 1.63. The second-order valence-electron chi connectivity index (χ2n) is 5.30. The Morgan fingerprint density at radius 3 is 2.91 bits per heavy atom. The highest BCUT2D eigenvalue weighted by Gasteiger charge is 2.25. The van der Waals surface area contributed by atoms with Gasteiger partial charge in [0, 0.05) is 26.1 Å². The van der Waals surface area contributed by atoms with E-state index in [1.165, 1.54) is 16.0 Å². The van der Waals surface area contributed by atoms with E-state index in [1.807, 2.05) is 17.5 Å². The van der Waals surface area contributed by atoms with Crippen LogP contribution in [0.2, 0.25) is 0 Å². The van der Waals surface area contributed by atoms with Crippen molar-refractivity contribution in [3.8, 4) is 10.8 Å². The predicted molar refractivity (Wildman–Crippen MR) is 82.4 cm³/mol. The molecule has 0 spiro atoms. The Kier molecular flexibility index (Phi) is 4.39. The molecule has 0 aliphatic carbocycles. The summed E-state index contributed by atoms with van der Waals surface area (Å²) in [6.45, 7) is 1.94. The number of carbonyl (C=O) groups is 1. The molecule has 0 unspecified atom stereocenters. The first-order chi connectivity index (χ1) is 10.7. The third kappa shape index (κ3) is 3.12. The molecule has 8 heteroatoms. The fraction of sp³-hybridized carbons (Fsp3) is 0.500. The summed E-state index contributed by atoms with van der Waals surface area (Å²) in [6.07, 6.45) is 1.59. The highest BCUT2D eigenvalue weighted by atomic mass is 32.1. The van der Waals surface area contributed by atoms with Crippen LogP contribution in [0.15, 0.2) is 26.7 Å². The lowest BCUT2D eigenvalue weighted by Crippen LogP contribution is -2.41. The van der Waals surface area contributed by atoms with E-state index in [4.69, 9.17) is 4.42 Å². The third-order valence-corrected chi connectivity index (χ3v) is 4.73. The van der Waals surface area contributed by atoms with Gasteiger partial charge in [0.15, 0.2) is 0 Å². The van der Waals surface area contributed by atoms with Crippen LogP contribution in [0.3, 0.4) is 0 Å². The SMILES string of the molecule is CNC(=O)C1CCN(Cn2nc(-c3cccs3)oc2=O)CC1. The van der Waals surface area contributed by atoms with Crippen molar-refractivity contribution in [2.24, 2.45) is 5.92 Å². The number of amides is 1. The smallest absolute Gasteiger partial charge is 0.387 e. The van der Waals surface area contributed by atoms with Gasteiger partial charge in [-0.1, -0.05) is 6.07 Å². The van der Waals surface area contributed by atoms with Crippen LogP contribution in [-0.4, -0.2) is 40.7 Å². The molecule has 1 amide bonds. The summed E-state index contributed by atoms with van der Waals surface area (Å²) in [4.78, 5) is 26.4. The summed E-state index contributed by atoms with van der Waals surface area (Å²) in [5, 5.41) is 8.85. The summed E-state index contributed by atoms with van der Waals surface area (Å²) in [5.74, 6) is 0.0762. The molecule has 2 aromatic rings. The van der Waals surface area contributed by atoms with E-state index >= 15 is 0 Å². The lowest BCUT2D eigenvalue weighted by atomic mass is 9.96. The molecule has 3 heterocycles. The summed E-state index contributed by atoms with van der Waals surface area (Å²) >= 11 is 1.48. The average Bonchev–Trinajstić information content (AvgIpc) is 3.18. The van der Waals surface area contributed by atoms with Crippen LogP contribution in [0.5, 0.6) is 0 Å². The number of hydrogen-bond donors (Lipinski definition) is 1. The summed E-state index contributed by atoms with van der Waals surface area (Å²) in [6, 6.07) is 3.76. The molecule has 118 valence electrons. The molecule has 1 saturated heterocycles. The molecule has 0 saturated carbocycles. The van der Waals surface area contributed by atoms with E-state index in [1.54, 1.807) is 7.05 Å². The molecule has 1 N–H and O–H groups in total. The molecule has 1 fully saturated rings. The minimum Gasteiger partial charge on any atom is -0.387 e. The molecule has 2 aromatic heterocycles. The fourth-order valence-electron chi connectivity index (χ4n) is 2.63. The van der Waals surface area contributed by atoms with Gasteiger partial charge >= 0.3 is 5.76 Å². The largest absolute Gasteiger partial charge is 0.438 e. The zero-order valence-corrected chi connectivity index (χ0v) is 13.1. The molecule has 22 heavy (non-hydrogen) atoms. The molecular weight excluding hydrogens is 304 g/mol. The van der Waals surface area contributed by atoms with Crippen molar-refractivity contribution < 1.29 is 9.21 Å². The van der Waals surface area contributed by atoms with Crippen molar-refractivity contribution in [3.63, 3.8) is 0 Å². The standard InChI is InChI=1S/C14H18N4O3S/c1-15-12(19)10-4-6-17(7-5-10)9-18-14(20)21-13(16-18)11-3-2-8-22-11/h2-3,8,10H,4-7,9H2,1H3,(H,15,19). The minimum absolute atomic E-state index is 0.0666. The predicted octanol–water partition coefficient (Wildman–Crippen LogP) is 0.980. The van der Waals surface area contributed by atoms with Crippen LogP contribution in [0.25, 0.3) is 10.8 Å². The van der Waals surface area contributed by atoms with Crippen LogP contribution in [0.4, 0.5) is 0 Å². The van der Waals surface area contributed by atoms with Crippen molar-refractivity contribution in [1.82, 2.24) is 20.0 Å². The van der Waals surface area contributed by atoms with E-state index in [2.05, 4.69) is 15.3 Å². The Morgan fingerprint density at radius 2 is 2.27 bits per heavy atom. The van der Waals surface area contributed by atoms with Crippen LogP contribution >= 0.6 is 11.3 Å². The normalized spacial score (nSPS) is 16.8. The van der Waals surface area contributed by atoms with E-state index in [0.717, 1.165) is 30.8 Å². The quantitative estimate of drug-likeness (QED) is 0.907. The topological polar surface area (TPSA) is 80.4 Å². The lowest BCUT2D eigenvalue weighted by molar-refractivity contribution is -0.126. The third-order valence-electron chi connectivity index (χ3n) is 3.88. The van der Waals surface area contributed by atoms with E-state index in [-0.39, 0.29) is 11.8 Å². The zero-order valence-electron chi connectivity index (χ0n) is 12.3. The summed E-state index contributed by atoms with van der Waals surface area (Å²) < 4.78 is 6.54. The number of nitrogens with zero attached hydrogens (tertiary/aromatic N) is 3. The first kappa shape index (κ1) is 15.0. The van der Waals surface area contributed by atoms with Crippen LogP contribution in [-0.2, 0) is 11.5 Å². The van der Waals surface area contributed by atoms with Crippen molar-refractivity contribution >= 4 is 17.2 Å². The Hall–Kier alpha value is -1.93. The molecule has 3 rings (SSSR count). The molecule has 0 bridgehead atoms. The van der Waals surface area contributed by atoms with Crippen molar-refractivity contribution in [3.05, 3.63) is 28.1 Å². The van der Waals surface area contributed by atoms with Gasteiger partial charge in [-0.25, -0.2) is 4.79 Å². The van der Waals surface area contributed by atoms with Gasteiger partial charge in [0.25, 0.3) is 5.89 Å². The molecule has 0 atom stereocenters. The number of likely N-dealkylation sites (tertiary alicyclic amines) is 1. The molecule has 0 radical (unpaired) electrons. The maximum Gasteiger partial charge on any atom is 0.438 e. The van der Waals surface area contributed by atoms with Gasteiger partial charge in [0.2, 0.25) is 5.91 Å². The highest BCUT2D eigenvalue weighted by Crippen LogP contribution is 2.21. The number of thiophene rings is 1. The monoisotopic (exact) mass is 322 g/mol. The van der Waals surface area contributed by atoms with Crippen molar-refractivity contribution in [2.45, 2.75) is 19.5 Å². The lowest BCUT2D eigenvalue weighted by Gasteiger charge is -2.30. The van der Waals surface area contributed by atoms with Gasteiger partial charge in [0.1, 0.15) is 6.67 Å². The minimum atomic E-state index is -0.447. The van der Waals surface area contributed by atoms with E-state index in [9.17, 15) is 9.59 Å². The van der Waals surface area contributed by atoms with Gasteiger partial charge in [-0.05, 0) is 24.3 Å². The van der Waals surface area contributed by atoms with E-state index in [0.29, 0.717) is 12.6 Å². The molecule has 1 aliphatic heterocycles. The zero-order chi connectivity index (χ0) is 15.5. The molecule has 1 aliphatic rings. The summed E-state index contributed by atoms with van der Waals surface area (Å²) in [7, 11) is 1.66. The molecule has 7 nitrogen and oxygen atoms in total. The average molecular weight is 322 g/mol.